The predicted octanol–water partition coefficient (Wildman–Crippen LogP) is 4.89. The molecule has 0 saturated carbocycles. The average Bonchev–Trinajstić information content (AvgIpc) is 3.34. The number of oxazole rings is 1. The molecule has 4 aromatic rings. The van der Waals surface area contributed by atoms with Crippen LogP contribution in [0.5, 0.6) is 0 Å². The number of thioether (sulfide) groups is 1. The first-order valence-corrected chi connectivity index (χ1v) is 9.68. The van der Waals surface area contributed by atoms with Gasteiger partial charge >= 0.3 is 0 Å². The molecule has 0 atom stereocenters. The van der Waals surface area contributed by atoms with Crippen LogP contribution in [0.25, 0.3) is 16.5 Å². The Morgan fingerprint density at radius 3 is 2.80 bits per heavy atom. The van der Waals surface area contributed by atoms with Gasteiger partial charge in [0.1, 0.15) is 12.1 Å². The van der Waals surface area contributed by atoms with Crippen molar-refractivity contribution in [2.24, 2.45) is 0 Å². The zero-order valence-electron chi connectivity index (χ0n) is 13.8. The van der Waals surface area contributed by atoms with Crippen LogP contribution in [-0.2, 0) is 5.75 Å². The predicted molar refractivity (Wildman–Crippen MR) is 100 cm³/mol. The molecule has 3 heterocycles. The Hall–Kier alpha value is -2.38. The SMILES string of the molecule is Cc1ccccc1-n1c(C)nnc1SCc1coc(-c2cccs2)n1. The molecule has 1 aromatic carbocycles. The Bertz CT molecular complexity index is 988. The van der Waals surface area contributed by atoms with Crippen molar-refractivity contribution in [3.8, 4) is 16.5 Å². The number of thiophene rings is 1. The van der Waals surface area contributed by atoms with Crippen molar-refractivity contribution in [1.82, 2.24) is 19.7 Å². The highest BCUT2D eigenvalue weighted by atomic mass is 32.2. The molecule has 0 saturated heterocycles. The molecule has 126 valence electrons. The Kier molecular flexibility index (Phi) is 4.42. The summed E-state index contributed by atoms with van der Waals surface area (Å²) in [5, 5.41) is 11.4. The molecule has 0 aliphatic rings. The maximum absolute atomic E-state index is 5.58. The number of hydrogen-bond donors (Lipinski definition) is 0. The third kappa shape index (κ3) is 3.25. The van der Waals surface area contributed by atoms with Crippen LogP contribution in [-0.4, -0.2) is 19.7 Å². The van der Waals surface area contributed by atoms with Gasteiger partial charge in [0.2, 0.25) is 5.89 Å². The molecular weight excluding hydrogens is 352 g/mol. The molecule has 0 radical (unpaired) electrons. The van der Waals surface area contributed by atoms with Crippen molar-refractivity contribution < 1.29 is 4.42 Å². The summed E-state index contributed by atoms with van der Waals surface area (Å²) in [4.78, 5) is 5.60. The zero-order valence-corrected chi connectivity index (χ0v) is 15.5. The van der Waals surface area contributed by atoms with Crippen LogP contribution in [0.4, 0.5) is 0 Å². The number of benzene rings is 1. The largest absolute Gasteiger partial charge is 0.444 e. The topological polar surface area (TPSA) is 56.7 Å². The Balaban J connectivity index is 1.56. The van der Waals surface area contributed by atoms with Gasteiger partial charge in [0, 0.05) is 5.75 Å². The van der Waals surface area contributed by atoms with E-state index in [0.717, 1.165) is 27.2 Å². The zero-order chi connectivity index (χ0) is 17.2. The molecule has 0 unspecified atom stereocenters. The highest BCUT2D eigenvalue weighted by molar-refractivity contribution is 7.98. The van der Waals surface area contributed by atoms with Crippen LogP contribution in [0, 0.1) is 13.8 Å². The van der Waals surface area contributed by atoms with E-state index >= 15 is 0 Å². The number of para-hydroxylation sites is 1. The second-order valence-corrected chi connectivity index (χ2v) is 7.45. The van der Waals surface area contributed by atoms with Crippen molar-refractivity contribution in [1.29, 1.82) is 0 Å². The standard InChI is InChI=1S/C18H16N4OS2/c1-12-6-3-4-7-15(12)22-13(2)20-21-18(22)25-11-14-10-23-17(19-14)16-8-5-9-24-16/h3-10H,11H2,1-2H3. The van der Waals surface area contributed by atoms with E-state index in [1.54, 1.807) is 29.4 Å². The number of aromatic nitrogens is 4. The molecule has 0 amide bonds. The van der Waals surface area contributed by atoms with Gasteiger partial charge in [0.25, 0.3) is 0 Å². The highest BCUT2D eigenvalue weighted by Crippen LogP contribution is 2.28. The van der Waals surface area contributed by atoms with E-state index in [4.69, 9.17) is 4.42 Å². The third-order valence-corrected chi connectivity index (χ3v) is 5.60. The van der Waals surface area contributed by atoms with Gasteiger partial charge in [0.05, 0.1) is 16.3 Å². The van der Waals surface area contributed by atoms with Crippen molar-refractivity contribution in [2.75, 3.05) is 0 Å². The van der Waals surface area contributed by atoms with Crippen molar-refractivity contribution in [3.05, 3.63) is 65.1 Å². The Labute approximate surface area is 153 Å². The second kappa shape index (κ2) is 6.85. The van der Waals surface area contributed by atoms with E-state index in [1.165, 1.54) is 5.56 Å². The summed E-state index contributed by atoms with van der Waals surface area (Å²) in [5.41, 5.74) is 3.19. The smallest absolute Gasteiger partial charge is 0.236 e. The number of aryl methyl sites for hydroxylation is 2. The van der Waals surface area contributed by atoms with Crippen LogP contribution in [0.1, 0.15) is 17.1 Å². The molecule has 0 aliphatic carbocycles. The van der Waals surface area contributed by atoms with E-state index in [1.807, 2.05) is 36.6 Å². The fourth-order valence-electron chi connectivity index (χ4n) is 2.55. The summed E-state index contributed by atoms with van der Waals surface area (Å²) in [6.45, 7) is 4.06. The lowest BCUT2D eigenvalue weighted by Gasteiger charge is -2.10. The minimum Gasteiger partial charge on any atom is -0.444 e. The first-order valence-electron chi connectivity index (χ1n) is 7.81. The van der Waals surface area contributed by atoms with Crippen molar-refractivity contribution in [3.63, 3.8) is 0 Å². The summed E-state index contributed by atoms with van der Waals surface area (Å²) in [6.07, 6.45) is 1.71. The minimum atomic E-state index is 0.669. The maximum atomic E-state index is 5.58. The van der Waals surface area contributed by atoms with Crippen LogP contribution < -0.4 is 0 Å². The van der Waals surface area contributed by atoms with Gasteiger partial charge in [-0.3, -0.25) is 4.57 Å². The summed E-state index contributed by atoms with van der Waals surface area (Å²) in [7, 11) is 0. The van der Waals surface area contributed by atoms with E-state index in [0.29, 0.717) is 11.6 Å². The lowest BCUT2D eigenvalue weighted by Crippen LogP contribution is -2.01. The normalized spacial score (nSPS) is 11.1. The average molecular weight is 368 g/mol. The molecule has 0 N–H and O–H groups in total. The number of rotatable bonds is 5. The fraction of sp³-hybridized carbons (Fsp3) is 0.167. The van der Waals surface area contributed by atoms with Crippen LogP contribution >= 0.6 is 23.1 Å². The van der Waals surface area contributed by atoms with Gasteiger partial charge in [-0.15, -0.1) is 21.5 Å². The monoisotopic (exact) mass is 368 g/mol. The molecule has 5 nitrogen and oxygen atoms in total. The first-order chi connectivity index (χ1) is 12.2. The van der Waals surface area contributed by atoms with Gasteiger partial charge in [-0.1, -0.05) is 36.0 Å². The molecule has 3 aromatic heterocycles. The molecular formula is C18H16N4OS2. The van der Waals surface area contributed by atoms with Crippen molar-refractivity contribution >= 4 is 23.1 Å². The Morgan fingerprint density at radius 1 is 1.12 bits per heavy atom. The lowest BCUT2D eigenvalue weighted by atomic mass is 10.2. The number of hydrogen-bond acceptors (Lipinski definition) is 6. The van der Waals surface area contributed by atoms with Gasteiger partial charge in [0.15, 0.2) is 5.16 Å². The summed E-state index contributed by atoms with van der Waals surface area (Å²) >= 11 is 3.22. The van der Waals surface area contributed by atoms with Crippen LogP contribution in [0.3, 0.4) is 0 Å². The summed E-state index contributed by atoms with van der Waals surface area (Å²) in [6, 6.07) is 12.2. The minimum absolute atomic E-state index is 0.669. The molecule has 0 aliphatic heterocycles. The highest BCUT2D eigenvalue weighted by Gasteiger charge is 2.14. The van der Waals surface area contributed by atoms with Gasteiger partial charge in [-0.25, -0.2) is 4.98 Å². The van der Waals surface area contributed by atoms with Gasteiger partial charge < -0.3 is 4.42 Å². The van der Waals surface area contributed by atoms with E-state index in [9.17, 15) is 0 Å². The van der Waals surface area contributed by atoms with E-state index in [-0.39, 0.29) is 0 Å². The second-order valence-electron chi connectivity index (χ2n) is 5.56. The van der Waals surface area contributed by atoms with Crippen LogP contribution in [0.2, 0.25) is 0 Å². The quantitative estimate of drug-likeness (QED) is 0.469. The number of nitrogens with zero attached hydrogens (tertiary/aromatic N) is 4. The molecule has 4 rings (SSSR count). The molecule has 25 heavy (non-hydrogen) atoms. The maximum Gasteiger partial charge on any atom is 0.236 e. The summed E-state index contributed by atoms with van der Waals surface area (Å²) < 4.78 is 7.66. The molecule has 0 fully saturated rings. The lowest BCUT2D eigenvalue weighted by molar-refractivity contribution is 0.575. The third-order valence-electron chi connectivity index (χ3n) is 3.78. The Morgan fingerprint density at radius 2 is 2.00 bits per heavy atom. The molecule has 0 bridgehead atoms. The van der Waals surface area contributed by atoms with Crippen LogP contribution in [0.15, 0.2) is 57.6 Å². The summed E-state index contributed by atoms with van der Waals surface area (Å²) in [5.74, 6) is 2.22. The fourth-order valence-corrected chi connectivity index (χ4v) is 4.08. The van der Waals surface area contributed by atoms with Gasteiger partial charge in [-0.05, 0) is 36.9 Å². The molecule has 7 heteroatoms. The van der Waals surface area contributed by atoms with Crippen molar-refractivity contribution in [2.45, 2.75) is 24.8 Å². The molecule has 0 spiro atoms. The first kappa shape index (κ1) is 16.1. The van der Waals surface area contributed by atoms with E-state index in [2.05, 4.69) is 38.8 Å². The van der Waals surface area contributed by atoms with E-state index < -0.39 is 0 Å². The van der Waals surface area contributed by atoms with Gasteiger partial charge in [-0.2, -0.15) is 0 Å².